The van der Waals surface area contributed by atoms with Crippen LogP contribution in [0.5, 0.6) is 0 Å². The van der Waals surface area contributed by atoms with Crippen molar-refractivity contribution in [3.63, 3.8) is 0 Å². The van der Waals surface area contributed by atoms with Crippen LogP contribution in [-0.4, -0.2) is 23.6 Å². The summed E-state index contributed by atoms with van der Waals surface area (Å²) in [6.45, 7) is 4.93. The summed E-state index contributed by atoms with van der Waals surface area (Å²) in [5.74, 6) is 0.805. The maximum atomic E-state index is 9.31. The van der Waals surface area contributed by atoms with Gasteiger partial charge in [0.05, 0.1) is 5.56 Å². The molecule has 0 aromatic carbocycles. The highest BCUT2D eigenvalue weighted by Crippen LogP contribution is 2.28. The highest BCUT2D eigenvalue weighted by Gasteiger charge is 2.28. The molecule has 1 aromatic heterocycles. The molecule has 4 heteroatoms. The lowest BCUT2D eigenvalue weighted by atomic mass is 9.96. The van der Waals surface area contributed by atoms with Gasteiger partial charge in [0.25, 0.3) is 0 Å². The topological polar surface area (TPSA) is 65.9 Å². The van der Waals surface area contributed by atoms with Crippen molar-refractivity contribution in [1.82, 2.24) is 4.98 Å². The van der Waals surface area contributed by atoms with Crippen molar-refractivity contribution in [2.75, 3.05) is 11.4 Å². The number of nitriles is 1. The van der Waals surface area contributed by atoms with Crippen molar-refractivity contribution >= 4 is 5.82 Å². The van der Waals surface area contributed by atoms with E-state index in [0.29, 0.717) is 11.6 Å². The molecule has 1 aliphatic rings. The number of aromatic nitrogens is 1. The van der Waals surface area contributed by atoms with Crippen LogP contribution < -0.4 is 10.6 Å². The van der Waals surface area contributed by atoms with Crippen LogP contribution in [0.3, 0.4) is 0 Å². The third kappa shape index (κ3) is 2.32. The minimum atomic E-state index is 0.0964. The Morgan fingerprint density at radius 1 is 1.56 bits per heavy atom. The first-order valence-electron chi connectivity index (χ1n) is 6.53. The van der Waals surface area contributed by atoms with Crippen molar-refractivity contribution in [2.45, 2.75) is 45.2 Å². The molecule has 18 heavy (non-hydrogen) atoms. The number of rotatable bonds is 2. The second-order valence-electron chi connectivity index (χ2n) is 5.05. The molecule has 96 valence electrons. The van der Waals surface area contributed by atoms with Gasteiger partial charge >= 0.3 is 0 Å². The fourth-order valence-electron chi connectivity index (χ4n) is 2.67. The number of hydrogen-bond acceptors (Lipinski definition) is 4. The van der Waals surface area contributed by atoms with E-state index in [-0.39, 0.29) is 6.04 Å². The molecule has 4 nitrogen and oxygen atoms in total. The Balaban J connectivity index is 2.40. The van der Waals surface area contributed by atoms with E-state index in [0.717, 1.165) is 30.8 Å². The third-order valence-corrected chi connectivity index (χ3v) is 3.68. The Bertz CT molecular complexity index is 461. The van der Waals surface area contributed by atoms with Crippen LogP contribution in [0, 0.1) is 18.3 Å². The SMILES string of the molecule is Cc1ccnc(N2CCCCC2C(C)N)c1C#N. The Hall–Kier alpha value is -1.60. The summed E-state index contributed by atoms with van der Waals surface area (Å²) >= 11 is 0. The molecule has 1 fully saturated rings. The molecule has 2 atom stereocenters. The lowest BCUT2D eigenvalue weighted by molar-refractivity contribution is 0.410. The van der Waals surface area contributed by atoms with Crippen LogP contribution in [0.2, 0.25) is 0 Å². The van der Waals surface area contributed by atoms with Gasteiger partial charge in [-0.15, -0.1) is 0 Å². The van der Waals surface area contributed by atoms with Gasteiger partial charge < -0.3 is 10.6 Å². The quantitative estimate of drug-likeness (QED) is 0.863. The minimum absolute atomic E-state index is 0.0964. The largest absolute Gasteiger partial charge is 0.351 e. The van der Waals surface area contributed by atoms with Crippen LogP contribution in [0.15, 0.2) is 12.3 Å². The maximum absolute atomic E-state index is 9.31. The summed E-state index contributed by atoms with van der Waals surface area (Å²) < 4.78 is 0. The van der Waals surface area contributed by atoms with E-state index in [2.05, 4.69) is 16.0 Å². The molecule has 0 radical (unpaired) electrons. The first-order valence-corrected chi connectivity index (χ1v) is 6.53. The lowest BCUT2D eigenvalue weighted by Crippen LogP contribution is -2.50. The van der Waals surface area contributed by atoms with Crippen LogP contribution in [0.4, 0.5) is 5.82 Å². The van der Waals surface area contributed by atoms with Gasteiger partial charge in [0.15, 0.2) is 0 Å². The van der Waals surface area contributed by atoms with Gasteiger partial charge in [0, 0.05) is 24.8 Å². The number of piperidine rings is 1. The minimum Gasteiger partial charge on any atom is -0.351 e. The molecule has 0 bridgehead atoms. The van der Waals surface area contributed by atoms with Gasteiger partial charge in [-0.25, -0.2) is 4.98 Å². The van der Waals surface area contributed by atoms with E-state index >= 15 is 0 Å². The van der Waals surface area contributed by atoms with E-state index < -0.39 is 0 Å². The van der Waals surface area contributed by atoms with Crippen molar-refractivity contribution in [1.29, 1.82) is 5.26 Å². The molecule has 2 heterocycles. The third-order valence-electron chi connectivity index (χ3n) is 3.68. The van der Waals surface area contributed by atoms with E-state index in [1.807, 2.05) is 19.9 Å². The molecular weight excluding hydrogens is 224 g/mol. The van der Waals surface area contributed by atoms with Crippen LogP contribution in [0.25, 0.3) is 0 Å². The average Bonchev–Trinajstić information content (AvgIpc) is 2.38. The molecule has 0 saturated carbocycles. The Labute approximate surface area is 108 Å². The van der Waals surface area contributed by atoms with E-state index in [4.69, 9.17) is 5.73 Å². The second-order valence-corrected chi connectivity index (χ2v) is 5.05. The van der Waals surface area contributed by atoms with Gasteiger partial charge in [0.2, 0.25) is 0 Å². The van der Waals surface area contributed by atoms with Gasteiger partial charge in [-0.3, -0.25) is 0 Å². The normalized spacial score (nSPS) is 21.4. The zero-order chi connectivity index (χ0) is 13.1. The number of anilines is 1. The van der Waals surface area contributed by atoms with Gasteiger partial charge in [-0.2, -0.15) is 5.26 Å². The van der Waals surface area contributed by atoms with Crippen molar-refractivity contribution in [3.8, 4) is 6.07 Å². The van der Waals surface area contributed by atoms with E-state index in [1.54, 1.807) is 6.20 Å². The van der Waals surface area contributed by atoms with Crippen molar-refractivity contribution in [2.24, 2.45) is 5.73 Å². The highest BCUT2D eigenvalue weighted by molar-refractivity contribution is 5.58. The standard InChI is InChI=1S/C14H20N4/c1-10-6-7-17-14(12(10)9-15)18-8-4-3-5-13(18)11(2)16/h6-7,11,13H,3-5,8,16H2,1-2H3. The first kappa shape index (κ1) is 12.8. The molecule has 0 amide bonds. The zero-order valence-electron chi connectivity index (χ0n) is 11.1. The number of nitrogens with two attached hydrogens (primary N) is 1. The van der Waals surface area contributed by atoms with Gasteiger partial charge in [-0.1, -0.05) is 0 Å². The summed E-state index contributed by atoms with van der Waals surface area (Å²) in [7, 11) is 0. The number of pyridine rings is 1. The summed E-state index contributed by atoms with van der Waals surface area (Å²) in [5.41, 5.74) is 7.74. The van der Waals surface area contributed by atoms with Gasteiger partial charge in [-0.05, 0) is 44.7 Å². The highest BCUT2D eigenvalue weighted by atomic mass is 15.2. The Kier molecular flexibility index (Phi) is 3.83. The van der Waals surface area contributed by atoms with Crippen LogP contribution in [-0.2, 0) is 0 Å². The molecule has 1 aromatic rings. The fraction of sp³-hybridized carbons (Fsp3) is 0.571. The second kappa shape index (κ2) is 5.36. The molecule has 1 saturated heterocycles. The number of aryl methyl sites for hydroxylation is 1. The lowest BCUT2D eigenvalue weighted by Gasteiger charge is -2.39. The summed E-state index contributed by atoms with van der Waals surface area (Å²) in [4.78, 5) is 6.64. The molecule has 2 N–H and O–H groups in total. The monoisotopic (exact) mass is 244 g/mol. The average molecular weight is 244 g/mol. The van der Waals surface area contributed by atoms with E-state index in [9.17, 15) is 5.26 Å². The maximum Gasteiger partial charge on any atom is 0.147 e. The van der Waals surface area contributed by atoms with E-state index in [1.165, 1.54) is 6.42 Å². The Morgan fingerprint density at radius 2 is 2.33 bits per heavy atom. The summed E-state index contributed by atoms with van der Waals surface area (Å²) in [5, 5.41) is 9.31. The predicted molar refractivity (Wildman–Crippen MR) is 72.3 cm³/mol. The first-order chi connectivity index (χ1) is 8.65. The molecule has 2 unspecified atom stereocenters. The van der Waals surface area contributed by atoms with Crippen molar-refractivity contribution in [3.05, 3.63) is 23.4 Å². The summed E-state index contributed by atoms with van der Waals surface area (Å²) in [6.07, 6.45) is 5.20. The number of hydrogen-bond donors (Lipinski definition) is 1. The van der Waals surface area contributed by atoms with Crippen molar-refractivity contribution < 1.29 is 0 Å². The zero-order valence-corrected chi connectivity index (χ0v) is 11.1. The Morgan fingerprint density at radius 3 is 3.00 bits per heavy atom. The molecule has 2 rings (SSSR count). The molecule has 0 aliphatic carbocycles. The molecular formula is C14H20N4. The molecule has 0 spiro atoms. The van der Waals surface area contributed by atoms with Crippen LogP contribution >= 0.6 is 0 Å². The number of nitrogens with zero attached hydrogens (tertiary/aromatic N) is 3. The van der Waals surface area contributed by atoms with Gasteiger partial charge in [0.1, 0.15) is 11.9 Å². The smallest absolute Gasteiger partial charge is 0.147 e. The molecule has 1 aliphatic heterocycles. The summed E-state index contributed by atoms with van der Waals surface area (Å²) in [6, 6.07) is 4.55. The fourth-order valence-corrected chi connectivity index (χ4v) is 2.67. The van der Waals surface area contributed by atoms with Crippen LogP contribution in [0.1, 0.15) is 37.3 Å². The predicted octanol–water partition coefficient (Wildman–Crippen LogP) is 1.97.